The number of anilines is 3. The molecule has 3 heteroatoms. The maximum absolute atomic E-state index is 5.78. The van der Waals surface area contributed by atoms with E-state index in [1.54, 1.807) is 11.8 Å². The Hall–Kier alpha value is -1.61. The lowest BCUT2D eigenvalue weighted by Gasteiger charge is -2.10. The Bertz CT molecular complexity index is 506. The molecule has 0 spiro atoms. The first kappa shape index (κ1) is 11.9. The molecular formula is C14H16N2S. The highest BCUT2D eigenvalue weighted by molar-refractivity contribution is 7.98. The highest BCUT2D eigenvalue weighted by atomic mass is 32.2. The zero-order valence-corrected chi connectivity index (χ0v) is 10.8. The Morgan fingerprint density at radius 3 is 2.41 bits per heavy atom. The van der Waals surface area contributed by atoms with Crippen molar-refractivity contribution in [2.24, 2.45) is 0 Å². The van der Waals surface area contributed by atoms with Crippen LogP contribution in [0, 0.1) is 6.92 Å². The molecule has 0 radical (unpaired) electrons. The summed E-state index contributed by atoms with van der Waals surface area (Å²) in [6.07, 6.45) is 2.07. The van der Waals surface area contributed by atoms with E-state index < -0.39 is 0 Å². The summed E-state index contributed by atoms with van der Waals surface area (Å²) in [5.74, 6) is 0. The van der Waals surface area contributed by atoms with E-state index >= 15 is 0 Å². The van der Waals surface area contributed by atoms with Gasteiger partial charge in [0.15, 0.2) is 0 Å². The van der Waals surface area contributed by atoms with Crippen molar-refractivity contribution in [1.82, 2.24) is 0 Å². The SMILES string of the molecule is CSc1ccc(Nc2cc(N)ccc2C)cc1. The summed E-state index contributed by atoms with van der Waals surface area (Å²) in [5, 5.41) is 3.38. The standard InChI is InChI=1S/C14H16N2S/c1-10-3-4-11(15)9-14(10)16-12-5-7-13(17-2)8-6-12/h3-9,16H,15H2,1-2H3. The van der Waals surface area contributed by atoms with Crippen molar-refractivity contribution in [2.45, 2.75) is 11.8 Å². The van der Waals surface area contributed by atoms with Gasteiger partial charge in [0.05, 0.1) is 0 Å². The molecule has 0 aliphatic heterocycles. The Balaban J connectivity index is 2.22. The molecule has 0 unspecified atom stereocenters. The van der Waals surface area contributed by atoms with E-state index in [1.807, 2.05) is 18.2 Å². The second kappa shape index (κ2) is 5.15. The fraction of sp³-hybridized carbons (Fsp3) is 0.143. The van der Waals surface area contributed by atoms with Crippen LogP contribution < -0.4 is 11.1 Å². The van der Waals surface area contributed by atoms with Crippen LogP contribution in [0.25, 0.3) is 0 Å². The van der Waals surface area contributed by atoms with E-state index in [-0.39, 0.29) is 0 Å². The van der Waals surface area contributed by atoms with Crippen LogP contribution in [0.15, 0.2) is 47.4 Å². The smallest absolute Gasteiger partial charge is 0.0434 e. The Morgan fingerprint density at radius 2 is 1.76 bits per heavy atom. The van der Waals surface area contributed by atoms with E-state index in [4.69, 9.17) is 5.73 Å². The molecule has 0 saturated carbocycles. The number of hydrogen-bond acceptors (Lipinski definition) is 3. The van der Waals surface area contributed by atoms with Crippen LogP contribution >= 0.6 is 11.8 Å². The minimum atomic E-state index is 0.777. The molecule has 2 nitrogen and oxygen atoms in total. The number of nitrogens with two attached hydrogens (primary N) is 1. The van der Waals surface area contributed by atoms with Gasteiger partial charge in [-0.05, 0) is 55.1 Å². The molecule has 0 bridgehead atoms. The predicted molar refractivity (Wildman–Crippen MR) is 77.1 cm³/mol. The molecule has 2 rings (SSSR count). The molecule has 0 heterocycles. The molecule has 0 aromatic heterocycles. The largest absolute Gasteiger partial charge is 0.399 e. The maximum Gasteiger partial charge on any atom is 0.0434 e. The first-order valence-corrected chi connectivity index (χ1v) is 6.69. The van der Waals surface area contributed by atoms with Crippen LogP contribution in [-0.4, -0.2) is 6.26 Å². The summed E-state index contributed by atoms with van der Waals surface area (Å²) in [5.41, 5.74) is 9.89. The molecular weight excluding hydrogens is 228 g/mol. The molecule has 3 N–H and O–H groups in total. The fourth-order valence-corrected chi connectivity index (χ4v) is 2.01. The van der Waals surface area contributed by atoms with Crippen molar-refractivity contribution in [2.75, 3.05) is 17.3 Å². The number of benzene rings is 2. The number of aryl methyl sites for hydroxylation is 1. The van der Waals surface area contributed by atoms with Crippen LogP contribution in [0.3, 0.4) is 0 Å². The average Bonchev–Trinajstić information content (AvgIpc) is 2.35. The third-order valence-electron chi connectivity index (χ3n) is 2.63. The summed E-state index contributed by atoms with van der Waals surface area (Å²) >= 11 is 1.74. The molecule has 0 amide bonds. The van der Waals surface area contributed by atoms with Gasteiger partial charge in [0.1, 0.15) is 0 Å². The minimum absolute atomic E-state index is 0.777. The van der Waals surface area contributed by atoms with Gasteiger partial charge in [0, 0.05) is 22.0 Å². The second-order valence-electron chi connectivity index (χ2n) is 3.93. The molecule has 88 valence electrons. The van der Waals surface area contributed by atoms with E-state index in [0.717, 1.165) is 17.1 Å². The molecule has 0 fully saturated rings. The third kappa shape index (κ3) is 2.94. The lowest BCUT2D eigenvalue weighted by atomic mass is 10.1. The van der Waals surface area contributed by atoms with Gasteiger partial charge in [-0.1, -0.05) is 6.07 Å². The summed E-state index contributed by atoms with van der Waals surface area (Å²) in [4.78, 5) is 1.26. The minimum Gasteiger partial charge on any atom is -0.399 e. The third-order valence-corrected chi connectivity index (χ3v) is 3.37. The summed E-state index contributed by atoms with van der Waals surface area (Å²) < 4.78 is 0. The molecule has 2 aromatic carbocycles. The topological polar surface area (TPSA) is 38.0 Å². The lowest BCUT2D eigenvalue weighted by Crippen LogP contribution is -1.95. The highest BCUT2D eigenvalue weighted by Crippen LogP contribution is 2.24. The van der Waals surface area contributed by atoms with Crippen molar-refractivity contribution in [3.63, 3.8) is 0 Å². The van der Waals surface area contributed by atoms with Crippen LogP contribution in [0.4, 0.5) is 17.1 Å². The Morgan fingerprint density at radius 1 is 1.06 bits per heavy atom. The predicted octanol–water partition coefficient (Wildman–Crippen LogP) is 4.04. The van der Waals surface area contributed by atoms with Gasteiger partial charge in [0.25, 0.3) is 0 Å². The Kier molecular flexibility index (Phi) is 3.59. The van der Waals surface area contributed by atoms with Crippen molar-refractivity contribution >= 4 is 28.8 Å². The lowest BCUT2D eigenvalue weighted by molar-refractivity contribution is 1.41. The van der Waals surface area contributed by atoms with Crippen LogP contribution in [-0.2, 0) is 0 Å². The van der Waals surface area contributed by atoms with Gasteiger partial charge in [0.2, 0.25) is 0 Å². The Labute approximate surface area is 106 Å². The van der Waals surface area contributed by atoms with Gasteiger partial charge >= 0.3 is 0 Å². The number of nitrogen functional groups attached to an aromatic ring is 1. The molecule has 0 aliphatic rings. The van der Waals surface area contributed by atoms with E-state index in [9.17, 15) is 0 Å². The fourth-order valence-electron chi connectivity index (χ4n) is 1.60. The number of thioether (sulfide) groups is 1. The molecule has 0 aliphatic carbocycles. The van der Waals surface area contributed by atoms with Gasteiger partial charge in [-0.2, -0.15) is 0 Å². The molecule has 17 heavy (non-hydrogen) atoms. The summed E-state index contributed by atoms with van der Waals surface area (Å²) in [6, 6.07) is 14.3. The average molecular weight is 244 g/mol. The summed E-state index contributed by atoms with van der Waals surface area (Å²) in [6.45, 7) is 2.07. The van der Waals surface area contributed by atoms with Crippen molar-refractivity contribution in [3.8, 4) is 0 Å². The maximum atomic E-state index is 5.78. The molecule has 0 saturated heterocycles. The first-order valence-electron chi connectivity index (χ1n) is 5.46. The van der Waals surface area contributed by atoms with E-state index in [1.165, 1.54) is 10.5 Å². The summed E-state index contributed by atoms with van der Waals surface area (Å²) in [7, 11) is 0. The van der Waals surface area contributed by atoms with Crippen LogP contribution in [0.1, 0.15) is 5.56 Å². The van der Waals surface area contributed by atoms with Crippen molar-refractivity contribution < 1.29 is 0 Å². The molecule has 0 atom stereocenters. The van der Waals surface area contributed by atoms with Gasteiger partial charge < -0.3 is 11.1 Å². The van der Waals surface area contributed by atoms with Gasteiger partial charge in [-0.15, -0.1) is 11.8 Å². The van der Waals surface area contributed by atoms with Gasteiger partial charge in [-0.25, -0.2) is 0 Å². The van der Waals surface area contributed by atoms with Crippen LogP contribution in [0.5, 0.6) is 0 Å². The monoisotopic (exact) mass is 244 g/mol. The van der Waals surface area contributed by atoms with Crippen molar-refractivity contribution in [1.29, 1.82) is 0 Å². The number of rotatable bonds is 3. The van der Waals surface area contributed by atoms with Crippen LogP contribution in [0.2, 0.25) is 0 Å². The quantitative estimate of drug-likeness (QED) is 0.632. The highest BCUT2D eigenvalue weighted by Gasteiger charge is 1.99. The van der Waals surface area contributed by atoms with Crippen molar-refractivity contribution in [3.05, 3.63) is 48.0 Å². The second-order valence-corrected chi connectivity index (χ2v) is 4.81. The van der Waals surface area contributed by atoms with E-state index in [2.05, 4.69) is 42.8 Å². The molecule has 2 aromatic rings. The van der Waals surface area contributed by atoms with Gasteiger partial charge in [-0.3, -0.25) is 0 Å². The number of nitrogens with one attached hydrogen (secondary N) is 1. The number of hydrogen-bond donors (Lipinski definition) is 2. The zero-order valence-electron chi connectivity index (χ0n) is 10.0. The first-order chi connectivity index (χ1) is 8.19. The van der Waals surface area contributed by atoms with E-state index in [0.29, 0.717) is 0 Å². The normalized spacial score (nSPS) is 10.2. The zero-order chi connectivity index (χ0) is 12.3.